The Hall–Kier alpha value is -2.34. The molecule has 0 bridgehead atoms. The summed E-state index contributed by atoms with van der Waals surface area (Å²) in [4.78, 5) is 12.2. The van der Waals surface area contributed by atoms with Crippen LogP contribution in [0, 0.1) is 0 Å². The minimum atomic E-state index is -0.160. The van der Waals surface area contributed by atoms with Gasteiger partial charge in [-0.25, -0.2) is 0 Å². The molecule has 2 rings (SSSR count). The van der Waals surface area contributed by atoms with Gasteiger partial charge in [-0.1, -0.05) is 12.1 Å². The summed E-state index contributed by atoms with van der Waals surface area (Å²) in [5, 5.41) is 7.31. The first-order valence-corrected chi connectivity index (χ1v) is 7.19. The number of hydrogen-bond acceptors (Lipinski definition) is 4. The van der Waals surface area contributed by atoms with E-state index in [2.05, 4.69) is 10.4 Å². The predicted octanol–water partition coefficient (Wildman–Crippen LogP) is 1.95. The third kappa shape index (κ3) is 3.46. The van der Waals surface area contributed by atoms with Crippen LogP contribution in [0.4, 0.5) is 0 Å². The van der Waals surface area contributed by atoms with Crippen molar-refractivity contribution in [2.45, 2.75) is 13.5 Å². The van der Waals surface area contributed by atoms with E-state index in [-0.39, 0.29) is 5.91 Å². The van der Waals surface area contributed by atoms with Crippen molar-refractivity contribution < 1.29 is 14.3 Å². The second-order valence-corrected chi connectivity index (χ2v) is 4.68. The lowest BCUT2D eigenvalue weighted by Gasteiger charge is -2.05. The predicted molar refractivity (Wildman–Crippen MR) is 84.1 cm³/mol. The lowest BCUT2D eigenvalue weighted by molar-refractivity contribution is 0.0926. The molecule has 6 nitrogen and oxygen atoms in total. The SMILES string of the molecule is CCn1nc(-c2ccccc2OC)cc1C(=O)NCCOC. The summed E-state index contributed by atoms with van der Waals surface area (Å²) in [5.74, 6) is 0.571. The number of para-hydroxylation sites is 1. The Morgan fingerprint density at radius 2 is 2.09 bits per heavy atom. The number of benzene rings is 1. The van der Waals surface area contributed by atoms with Crippen LogP contribution in [0.1, 0.15) is 17.4 Å². The number of hydrogen-bond donors (Lipinski definition) is 1. The first kappa shape index (κ1) is 16.0. The van der Waals surface area contributed by atoms with Crippen molar-refractivity contribution in [2.24, 2.45) is 0 Å². The first-order chi connectivity index (χ1) is 10.7. The summed E-state index contributed by atoms with van der Waals surface area (Å²) in [6, 6.07) is 9.40. The number of amides is 1. The fraction of sp³-hybridized carbons (Fsp3) is 0.375. The molecule has 0 aliphatic heterocycles. The van der Waals surface area contributed by atoms with Crippen LogP contribution in [0.3, 0.4) is 0 Å². The molecule has 0 unspecified atom stereocenters. The zero-order valence-corrected chi connectivity index (χ0v) is 13.1. The number of aromatic nitrogens is 2. The van der Waals surface area contributed by atoms with Gasteiger partial charge in [0.05, 0.1) is 19.4 Å². The van der Waals surface area contributed by atoms with Crippen molar-refractivity contribution in [1.29, 1.82) is 0 Å². The van der Waals surface area contributed by atoms with Crippen LogP contribution in [0.2, 0.25) is 0 Å². The van der Waals surface area contributed by atoms with E-state index in [1.54, 1.807) is 25.0 Å². The maximum atomic E-state index is 12.2. The van der Waals surface area contributed by atoms with Gasteiger partial charge in [0, 0.05) is 25.8 Å². The Bertz CT molecular complexity index is 637. The second kappa shape index (κ2) is 7.61. The van der Waals surface area contributed by atoms with Gasteiger partial charge in [0.25, 0.3) is 5.91 Å². The minimum absolute atomic E-state index is 0.160. The molecule has 0 radical (unpaired) electrons. The largest absolute Gasteiger partial charge is 0.496 e. The molecule has 22 heavy (non-hydrogen) atoms. The molecule has 0 spiro atoms. The molecule has 1 amide bonds. The number of carbonyl (C=O) groups is 1. The highest BCUT2D eigenvalue weighted by Gasteiger charge is 2.17. The van der Waals surface area contributed by atoms with Gasteiger partial charge in [-0.15, -0.1) is 0 Å². The Labute approximate surface area is 130 Å². The number of rotatable bonds is 7. The number of nitrogens with zero attached hydrogens (tertiary/aromatic N) is 2. The van der Waals surface area contributed by atoms with Crippen molar-refractivity contribution in [3.8, 4) is 17.0 Å². The number of nitrogens with one attached hydrogen (secondary N) is 1. The van der Waals surface area contributed by atoms with Crippen molar-refractivity contribution in [3.05, 3.63) is 36.0 Å². The van der Waals surface area contributed by atoms with E-state index >= 15 is 0 Å². The van der Waals surface area contributed by atoms with Crippen LogP contribution in [0.5, 0.6) is 5.75 Å². The van der Waals surface area contributed by atoms with Crippen LogP contribution in [0.25, 0.3) is 11.3 Å². The molecule has 0 aliphatic carbocycles. The highest BCUT2D eigenvalue weighted by Crippen LogP contribution is 2.29. The highest BCUT2D eigenvalue weighted by molar-refractivity contribution is 5.93. The highest BCUT2D eigenvalue weighted by atomic mass is 16.5. The van der Waals surface area contributed by atoms with Crippen LogP contribution < -0.4 is 10.1 Å². The quantitative estimate of drug-likeness (QED) is 0.794. The molecule has 118 valence electrons. The third-order valence-electron chi connectivity index (χ3n) is 3.29. The molecule has 0 saturated heterocycles. The summed E-state index contributed by atoms with van der Waals surface area (Å²) in [5.41, 5.74) is 2.11. The lowest BCUT2D eigenvalue weighted by Crippen LogP contribution is -2.29. The van der Waals surface area contributed by atoms with Crippen LogP contribution in [0.15, 0.2) is 30.3 Å². The molecule has 0 atom stereocenters. The minimum Gasteiger partial charge on any atom is -0.496 e. The van der Waals surface area contributed by atoms with E-state index in [0.29, 0.717) is 25.4 Å². The summed E-state index contributed by atoms with van der Waals surface area (Å²) in [6.45, 7) is 3.51. The zero-order chi connectivity index (χ0) is 15.9. The first-order valence-electron chi connectivity index (χ1n) is 7.19. The Balaban J connectivity index is 2.30. The van der Waals surface area contributed by atoms with Gasteiger partial charge in [0.1, 0.15) is 11.4 Å². The topological polar surface area (TPSA) is 65.4 Å². The maximum Gasteiger partial charge on any atom is 0.269 e. The normalized spacial score (nSPS) is 10.5. The van der Waals surface area contributed by atoms with Gasteiger partial charge in [-0.05, 0) is 25.1 Å². The van der Waals surface area contributed by atoms with E-state index in [4.69, 9.17) is 9.47 Å². The summed E-state index contributed by atoms with van der Waals surface area (Å²) >= 11 is 0. The smallest absolute Gasteiger partial charge is 0.269 e. The molecule has 0 fully saturated rings. The van der Waals surface area contributed by atoms with Gasteiger partial charge < -0.3 is 14.8 Å². The summed E-state index contributed by atoms with van der Waals surface area (Å²) in [6.07, 6.45) is 0. The van der Waals surface area contributed by atoms with Gasteiger partial charge in [-0.3, -0.25) is 9.48 Å². The molecule has 0 saturated carbocycles. The molecule has 6 heteroatoms. The summed E-state index contributed by atoms with van der Waals surface area (Å²) < 4.78 is 12.0. The van der Waals surface area contributed by atoms with Crippen LogP contribution in [-0.4, -0.2) is 43.1 Å². The van der Waals surface area contributed by atoms with E-state index < -0.39 is 0 Å². The van der Waals surface area contributed by atoms with E-state index in [1.165, 1.54) is 0 Å². The fourth-order valence-electron chi connectivity index (χ4n) is 2.19. The Morgan fingerprint density at radius 1 is 1.32 bits per heavy atom. The number of ether oxygens (including phenoxy) is 2. The number of methoxy groups -OCH3 is 2. The van der Waals surface area contributed by atoms with Gasteiger partial charge in [-0.2, -0.15) is 5.10 Å². The Morgan fingerprint density at radius 3 is 2.77 bits per heavy atom. The molecule has 1 aromatic carbocycles. The van der Waals surface area contributed by atoms with Gasteiger partial charge >= 0.3 is 0 Å². The van der Waals surface area contributed by atoms with E-state index in [9.17, 15) is 4.79 Å². The van der Waals surface area contributed by atoms with Crippen molar-refractivity contribution in [1.82, 2.24) is 15.1 Å². The lowest BCUT2D eigenvalue weighted by atomic mass is 10.1. The average Bonchev–Trinajstić information content (AvgIpc) is 2.99. The third-order valence-corrected chi connectivity index (χ3v) is 3.29. The zero-order valence-electron chi connectivity index (χ0n) is 13.1. The maximum absolute atomic E-state index is 12.2. The molecule has 1 heterocycles. The van der Waals surface area contributed by atoms with Gasteiger partial charge in [0.2, 0.25) is 0 Å². The van der Waals surface area contributed by atoms with E-state index in [1.807, 2.05) is 31.2 Å². The monoisotopic (exact) mass is 303 g/mol. The summed E-state index contributed by atoms with van der Waals surface area (Å²) in [7, 11) is 3.22. The van der Waals surface area contributed by atoms with Crippen molar-refractivity contribution >= 4 is 5.91 Å². The second-order valence-electron chi connectivity index (χ2n) is 4.68. The van der Waals surface area contributed by atoms with E-state index in [0.717, 1.165) is 17.0 Å². The number of aryl methyl sites for hydroxylation is 1. The fourth-order valence-corrected chi connectivity index (χ4v) is 2.19. The molecule has 1 aromatic heterocycles. The standard InChI is InChI=1S/C16H21N3O3/c1-4-19-14(16(20)17-9-10-21-2)11-13(18-19)12-7-5-6-8-15(12)22-3/h5-8,11H,4,9-10H2,1-3H3,(H,17,20). The molecule has 0 aliphatic rings. The van der Waals surface area contributed by atoms with Crippen molar-refractivity contribution in [3.63, 3.8) is 0 Å². The molecular formula is C16H21N3O3. The van der Waals surface area contributed by atoms with Crippen LogP contribution >= 0.6 is 0 Å². The van der Waals surface area contributed by atoms with Gasteiger partial charge in [0.15, 0.2) is 0 Å². The average molecular weight is 303 g/mol. The molecular weight excluding hydrogens is 282 g/mol. The molecule has 2 aromatic rings. The Kier molecular flexibility index (Phi) is 5.55. The number of carbonyl (C=O) groups excluding carboxylic acids is 1. The van der Waals surface area contributed by atoms with Crippen molar-refractivity contribution in [2.75, 3.05) is 27.4 Å². The van der Waals surface area contributed by atoms with Crippen LogP contribution in [-0.2, 0) is 11.3 Å². The molecule has 1 N–H and O–H groups in total.